The Morgan fingerprint density at radius 1 is 0.667 bits per heavy atom. The van der Waals surface area contributed by atoms with E-state index >= 15 is 0 Å². The average molecular weight is 247 g/mol. The summed E-state index contributed by atoms with van der Waals surface area (Å²) in [7, 11) is 0. The molecule has 7 fully saturated rings. The first kappa shape index (κ1) is 10.6. The molecule has 7 aliphatic carbocycles. The average Bonchev–Trinajstić information content (AvgIpc) is 2.33. The fraction of sp³-hybridized carbons (Fsp3) is 1.00. The van der Waals surface area contributed by atoms with E-state index in [4.69, 9.17) is 17.2 Å². The van der Waals surface area contributed by atoms with Crippen LogP contribution in [0, 0.1) is 46.8 Å². The van der Waals surface area contributed by atoms with Crippen LogP contribution in [0.3, 0.4) is 0 Å². The van der Waals surface area contributed by atoms with Gasteiger partial charge < -0.3 is 17.2 Å². The van der Waals surface area contributed by atoms with Crippen molar-refractivity contribution in [3.05, 3.63) is 0 Å². The van der Waals surface area contributed by atoms with Gasteiger partial charge in [-0.2, -0.15) is 0 Å². The number of hydrogen-bond acceptors (Lipinski definition) is 3. The zero-order chi connectivity index (χ0) is 12.3. The summed E-state index contributed by atoms with van der Waals surface area (Å²) in [6.45, 7) is 0. The Morgan fingerprint density at radius 2 is 1.06 bits per heavy atom. The molecule has 0 aromatic carbocycles. The van der Waals surface area contributed by atoms with E-state index in [0.717, 1.165) is 41.4 Å². The van der Waals surface area contributed by atoms with Crippen molar-refractivity contribution in [3.63, 3.8) is 0 Å². The second kappa shape index (κ2) is 2.82. The van der Waals surface area contributed by atoms with Crippen LogP contribution in [-0.4, -0.2) is 5.79 Å². The lowest BCUT2D eigenvalue weighted by Gasteiger charge is -2.74. The highest BCUT2D eigenvalue weighted by molar-refractivity contribution is 5.18. The summed E-state index contributed by atoms with van der Waals surface area (Å²) >= 11 is 0. The zero-order valence-corrected chi connectivity index (χ0v) is 11.0. The molecule has 6 N–H and O–H groups in total. The van der Waals surface area contributed by atoms with Crippen molar-refractivity contribution in [1.82, 2.24) is 0 Å². The molecule has 0 spiro atoms. The Morgan fingerprint density at radius 3 is 1.39 bits per heavy atom. The van der Waals surface area contributed by atoms with Crippen molar-refractivity contribution >= 4 is 0 Å². The summed E-state index contributed by atoms with van der Waals surface area (Å²) in [5.41, 5.74) is 18.7. The van der Waals surface area contributed by atoms with Crippen LogP contribution >= 0.6 is 0 Å². The maximum absolute atomic E-state index is 6.20. The molecule has 0 atom stereocenters. The quantitative estimate of drug-likeness (QED) is 0.610. The standard InChI is InChI=1S/C15H25N3/c16-15(17,18)14-4-11-8-1-7-2-9(11)13(6-14)10(3-7)12(8)5-14/h7-13H,1-6,16-18H2. The molecule has 8 bridgehead atoms. The minimum Gasteiger partial charge on any atom is -0.301 e. The van der Waals surface area contributed by atoms with Crippen molar-refractivity contribution < 1.29 is 0 Å². The summed E-state index contributed by atoms with van der Waals surface area (Å²) in [6, 6.07) is 0. The molecule has 0 aromatic rings. The molecule has 0 amide bonds. The van der Waals surface area contributed by atoms with Gasteiger partial charge in [0.2, 0.25) is 0 Å². The topological polar surface area (TPSA) is 78.1 Å². The molecule has 3 heteroatoms. The van der Waals surface area contributed by atoms with Gasteiger partial charge in [0.05, 0.1) is 0 Å². The van der Waals surface area contributed by atoms with Gasteiger partial charge in [0.15, 0.2) is 0 Å². The van der Waals surface area contributed by atoms with Gasteiger partial charge in [-0.1, -0.05) is 0 Å². The summed E-state index contributed by atoms with van der Waals surface area (Å²) in [4.78, 5) is 0. The number of nitrogens with two attached hydrogens (primary N) is 3. The van der Waals surface area contributed by atoms with E-state index in [0.29, 0.717) is 0 Å². The molecule has 18 heavy (non-hydrogen) atoms. The summed E-state index contributed by atoms with van der Waals surface area (Å²) in [5, 5.41) is 0. The Labute approximate surface area is 109 Å². The van der Waals surface area contributed by atoms with Crippen molar-refractivity contribution in [3.8, 4) is 0 Å². The van der Waals surface area contributed by atoms with E-state index in [2.05, 4.69) is 0 Å². The van der Waals surface area contributed by atoms with Gasteiger partial charge in [-0.05, 0) is 80.0 Å². The lowest BCUT2D eigenvalue weighted by atomic mass is 9.32. The molecular weight excluding hydrogens is 222 g/mol. The maximum atomic E-state index is 6.20. The molecular formula is C15H25N3. The lowest BCUT2D eigenvalue weighted by Crippen LogP contribution is -2.77. The predicted octanol–water partition coefficient (Wildman–Crippen LogP) is 1.22. The van der Waals surface area contributed by atoms with E-state index in [1.54, 1.807) is 0 Å². The van der Waals surface area contributed by atoms with E-state index in [1.807, 2.05) is 0 Å². The maximum Gasteiger partial charge on any atom is 0.121 e. The summed E-state index contributed by atoms with van der Waals surface area (Å²) in [5.74, 6) is 5.93. The highest BCUT2D eigenvalue weighted by Crippen LogP contribution is 2.74. The van der Waals surface area contributed by atoms with E-state index in [9.17, 15) is 0 Å². The SMILES string of the molecule is NC(N)(N)C12CC3C4CC5CC3C(C1)C(C5)C4C2. The van der Waals surface area contributed by atoms with Gasteiger partial charge in [0, 0.05) is 5.41 Å². The van der Waals surface area contributed by atoms with Crippen LogP contribution in [0.4, 0.5) is 0 Å². The fourth-order valence-electron chi connectivity index (χ4n) is 7.44. The molecule has 7 aliphatic rings. The predicted molar refractivity (Wildman–Crippen MR) is 69.9 cm³/mol. The molecule has 7 saturated carbocycles. The normalized spacial score (nSPS) is 63.8. The van der Waals surface area contributed by atoms with Gasteiger partial charge in [-0.25, -0.2) is 0 Å². The second-order valence-corrected chi connectivity index (χ2v) is 8.38. The second-order valence-electron chi connectivity index (χ2n) is 8.38. The van der Waals surface area contributed by atoms with Gasteiger partial charge in [0.25, 0.3) is 0 Å². The Kier molecular flexibility index (Phi) is 1.66. The van der Waals surface area contributed by atoms with Gasteiger partial charge in [-0.3, -0.25) is 0 Å². The van der Waals surface area contributed by atoms with E-state index < -0.39 is 5.79 Å². The van der Waals surface area contributed by atoms with Crippen LogP contribution in [0.5, 0.6) is 0 Å². The fourth-order valence-corrected chi connectivity index (χ4v) is 7.44. The molecule has 0 aliphatic heterocycles. The van der Waals surface area contributed by atoms with Crippen molar-refractivity contribution in [2.24, 2.45) is 64.0 Å². The summed E-state index contributed by atoms with van der Waals surface area (Å²) < 4.78 is 0. The van der Waals surface area contributed by atoms with Gasteiger partial charge in [0.1, 0.15) is 5.79 Å². The molecule has 3 nitrogen and oxygen atoms in total. The molecule has 7 rings (SSSR count). The van der Waals surface area contributed by atoms with Crippen LogP contribution in [0.25, 0.3) is 0 Å². The number of rotatable bonds is 1. The molecule has 0 heterocycles. The summed E-state index contributed by atoms with van der Waals surface area (Å²) in [6.07, 6.45) is 8.24. The molecule has 0 saturated heterocycles. The smallest absolute Gasteiger partial charge is 0.121 e. The van der Waals surface area contributed by atoms with E-state index in [-0.39, 0.29) is 5.41 Å². The largest absolute Gasteiger partial charge is 0.301 e. The lowest BCUT2D eigenvalue weighted by molar-refractivity contribution is -0.247. The molecule has 0 radical (unpaired) electrons. The van der Waals surface area contributed by atoms with Crippen molar-refractivity contribution in [2.45, 2.75) is 44.3 Å². The first-order valence-corrected chi connectivity index (χ1v) is 7.85. The van der Waals surface area contributed by atoms with Crippen LogP contribution < -0.4 is 17.2 Å². The minimum absolute atomic E-state index is 0.0701. The number of hydrogen-bond donors (Lipinski definition) is 3. The van der Waals surface area contributed by atoms with Crippen LogP contribution in [-0.2, 0) is 0 Å². The third-order valence-electron chi connectivity index (χ3n) is 7.91. The third-order valence-corrected chi connectivity index (χ3v) is 7.91. The van der Waals surface area contributed by atoms with Crippen molar-refractivity contribution in [2.75, 3.05) is 0 Å². The highest BCUT2D eigenvalue weighted by Gasteiger charge is 2.69. The third kappa shape index (κ3) is 0.981. The first-order valence-electron chi connectivity index (χ1n) is 7.85. The monoisotopic (exact) mass is 247 g/mol. The molecule has 100 valence electrons. The van der Waals surface area contributed by atoms with Crippen molar-refractivity contribution in [1.29, 1.82) is 0 Å². The molecule has 0 unspecified atom stereocenters. The highest BCUT2D eigenvalue weighted by atomic mass is 15.2. The zero-order valence-electron chi connectivity index (χ0n) is 11.0. The van der Waals surface area contributed by atoms with Gasteiger partial charge in [-0.15, -0.1) is 0 Å². The van der Waals surface area contributed by atoms with Gasteiger partial charge >= 0.3 is 0 Å². The molecule has 0 aromatic heterocycles. The first-order chi connectivity index (χ1) is 8.48. The van der Waals surface area contributed by atoms with Crippen LogP contribution in [0.15, 0.2) is 0 Å². The Bertz CT molecular complexity index is 350. The Balaban J connectivity index is 1.63. The van der Waals surface area contributed by atoms with E-state index in [1.165, 1.54) is 38.5 Å². The van der Waals surface area contributed by atoms with Crippen LogP contribution in [0.1, 0.15) is 38.5 Å². The Hall–Kier alpha value is -0.120. The van der Waals surface area contributed by atoms with Crippen LogP contribution in [0.2, 0.25) is 0 Å². The minimum atomic E-state index is -0.944.